The lowest BCUT2D eigenvalue weighted by atomic mass is 9.83. The molecule has 2 amide bonds. The highest BCUT2D eigenvalue weighted by atomic mass is 16.3. The fraction of sp³-hybridized carbons (Fsp3) is 0.171. The van der Waals surface area contributed by atoms with Gasteiger partial charge in [-0.15, -0.1) is 0 Å². The summed E-state index contributed by atoms with van der Waals surface area (Å²) in [6, 6.07) is 28.6. The van der Waals surface area contributed by atoms with Crippen molar-refractivity contribution in [1.29, 1.82) is 0 Å². The van der Waals surface area contributed by atoms with Gasteiger partial charge in [-0.25, -0.2) is 0 Å². The number of para-hydroxylation sites is 1. The molecule has 41 heavy (non-hydrogen) atoms. The predicted molar refractivity (Wildman–Crippen MR) is 158 cm³/mol. The van der Waals surface area contributed by atoms with Crippen molar-refractivity contribution in [1.82, 2.24) is 4.90 Å². The molecule has 4 aromatic carbocycles. The fourth-order valence-corrected chi connectivity index (χ4v) is 6.35. The van der Waals surface area contributed by atoms with E-state index in [1.807, 2.05) is 99.6 Å². The molecule has 5 aromatic rings. The van der Waals surface area contributed by atoms with Crippen molar-refractivity contribution in [3.8, 4) is 0 Å². The van der Waals surface area contributed by atoms with Gasteiger partial charge in [0.25, 0.3) is 11.8 Å². The zero-order chi connectivity index (χ0) is 28.5. The molecule has 1 spiro atoms. The van der Waals surface area contributed by atoms with Crippen LogP contribution in [0.5, 0.6) is 0 Å². The summed E-state index contributed by atoms with van der Waals surface area (Å²) in [5.74, 6) is -0.876. The van der Waals surface area contributed by atoms with Gasteiger partial charge in [0, 0.05) is 12.1 Å². The zero-order valence-corrected chi connectivity index (χ0v) is 23.1. The third-order valence-corrected chi connectivity index (χ3v) is 8.28. The Hall–Kier alpha value is -4.97. The van der Waals surface area contributed by atoms with Crippen molar-refractivity contribution in [2.24, 2.45) is 0 Å². The number of benzene rings is 4. The molecule has 0 aliphatic carbocycles. The molecule has 0 N–H and O–H groups in total. The van der Waals surface area contributed by atoms with E-state index in [2.05, 4.69) is 0 Å². The van der Waals surface area contributed by atoms with E-state index in [0.29, 0.717) is 28.8 Å². The SMILES string of the molecule is Cc1ccc(CN2C(=O)c3oc4ccc(C)cc4c(=O)c3C23C(=O)N(Cc2cccc(C)c2)c2ccccc23)cc1. The van der Waals surface area contributed by atoms with E-state index < -0.39 is 11.4 Å². The van der Waals surface area contributed by atoms with Crippen LogP contribution in [-0.4, -0.2) is 16.7 Å². The fourth-order valence-electron chi connectivity index (χ4n) is 6.35. The standard InChI is InChI=1S/C35H28N2O4/c1-21-11-14-24(15-12-21)20-37-33(39)32-30(31(38)26-18-23(3)13-16-29(26)41-32)35(37)27-9-4-5-10-28(27)36(34(35)40)19-25-8-6-7-22(2)17-25/h4-18H,19-20H2,1-3H3. The molecule has 1 atom stereocenters. The molecule has 202 valence electrons. The number of carbonyl (C=O) groups is 2. The van der Waals surface area contributed by atoms with Crippen LogP contribution in [0, 0.1) is 20.8 Å². The molecule has 1 unspecified atom stereocenters. The number of hydrogen-bond acceptors (Lipinski definition) is 4. The summed E-state index contributed by atoms with van der Waals surface area (Å²) in [5, 5.41) is 0.357. The van der Waals surface area contributed by atoms with Crippen LogP contribution in [0.3, 0.4) is 0 Å². The van der Waals surface area contributed by atoms with Crippen molar-refractivity contribution in [3.63, 3.8) is 0 Å². The Bertz CT molecular complexity index is 1960. The van der Waals surface area contributed by atoms with Gasteiger partial charge in [-0.1, -0.05) is 89.5 Å². The molecule has 0 saturated heterocycles. The summed E-state index contributed by atoms with van der Waals surface area (Å²) in [7, 11) is 0. The number of nitrogens with zero attached hydrogens (tertiary/aromatic N) is 2. The van der Waals surface area contributed by atoms with E-state index in [1.165, 1.54) is 4.90 Å². The largest absolute Gasteiger partial charge is 0.450 e. The van der Waals surface area contributed by atoms with Crippen LogP contribution in [0.4, 0.5) is 5.69 Å². The minimum absolute atomic E-state index is 0.0703. The Morgan fingerprint density at radius 1 is 0.707 bits per heavy atom. The highest BCUT2D eigenvalue weighted by Gasteiger charge is 2.64. The van der Waals surface area contributed by atoms with Gasteiger partial charge < -0.3 is 14.2 Å². The van der Waals surface area contributed by atoms with Crippen LogP contribution in [0.25, 0.3) is 11.0 Å². The molecule has 6 heteroatoms. The maximum Gasteiger partial charge on any atom is 0.291 e. The molecule has 0 fully saturated rings. The molecule has 6 nitrogen and oxygen atoms in total. The summed E-state index contributed by atoms with van der Waals surface area (Å²) in [5.41, 5.74) is 4.57. The third-order valence-electron chi connectivity index (χ3n) is 8.28. The second-order valence-corrected chi connectivity index (χ2v) is 11.1. The van der Waals surface area contributed by atoms with E-state index in [1.54, 1.807) is 17.0 Å². The van der Waals surface area contributed by atoms with E-state index >= 15 is 0 Å². The van der Waals surface area contributed by atoms with Crippen LogP contribution in [0.15, 0.2) is 100 Å². The molecule has 1 aromatic heterocycles. The summed E-state index contributed by atoms with van der Waals surface area (Å²) >= 11 is 0. The first-order valence-electron chi connectivity index (χ1n) is 13.7. The van der Waals surface area contributed by atoms with Crippen molar-refractivity contribution in [2.75, 3.05) is 4.90 Å². The Balaban J connectivity index is 1.51. The topological polar surface area (TPSA) is 70.8 Å². The lowest BCUT2D eigenvalue weighted by Crippen LogP contribution is -2.52. The Morgan fingerprint density at radius 2 is 1.44 bits per heavy atom. The molecule has 2 aliphatic heterocycles. The lowest BCUT2D eigenvalue weighted by molar-refractivity contribution is -0.126. The van der Waals surface area contributed by atoms with Gasteiger partial charge in [-0.05, 0) is 50.1 Å². The molecule has 0 bridgehead atoms. The van der Waals surface area contributed by atoms with E-state index in [0.717, 1.165) is 27.8 Å². The number of carbonyl (C=O) groups excluding carboxylic acids is 2. The van der Waals surface area contributed by atoms with Crippen LogP contribution >= 0.6 is 0 Å². The minimum Gasteiger partial charge on any atom is -0.450 e. The Morgan fingerprint density at radius 3 is 2.22 bits per heavy atom. The maximum atomic E-state index is 14.9. The predicted octanol–water partition coefficient (Wildman–Crippen LogP) is 6.16. The monoisotopic (exact) mass is 540 g/mol. The first-order chi connectivity index (χ1) is 19.8. The normalized spacial score (nSPS) is 17.5. The first kappa shape index (κ1) is 25.0. The highest BCUT2D eigenvalue weighted by Crippen LogP contribution is 2.53. The van der Waals surface area contributed by atoms with Gasteiger partial charge >= 0.3 is 0 Å². The van der Waals surface area contributed by atoms with Crippen molar-refractivity contribution >= 4 is 28.5 Å². The van der Waals surface area contributed by atoms with Gasteiger partial charge in [0.15, 0.2) is 11.0 Å². The molecule has 0 saturated carbocycles. The second-order valence-electron chi connectivity index (χ2n) is 11.1. The van der Waals surface area contributed by atoms with Crippen molar-refractivity contribution in [2.45, 2.75) is 39.4 Å². The van der Waals surface area contributed by atoms with Crippen LogP contribution < -0.4 is 10.3 Å². The van der Waals surface area contributed by atoms with Gasteiger partial charge in [-0.2, -0.15) is 0 Å². The number of anilines is 1. The molecule has 7 rings (SSSR count). The lowest BCUT2D eigenvalue weighted by Gasteiger charge is -2.34. The van der Waals surface area contributed by atoms with E-state index in [-0.39, 0.29) is 29.2 Å². The van der Waals surface area contributed by atoms with Gasteiger partial charge in [0.2, 0.25) is 5.76 Å². The molecule has 2 aliphatic rings. The average molecular weight is 541 g/mol. The molecule has 0 radical (unpaired) electrons. The molecule has 3 heterocycles. The quantitative estimate of drug-likeness (QED) is 0.274. The second kappa shape index (κ2) is 9.03. The van der Waals surface area contributed by atoms with Crippen LogP contribution in [0.2, 0.25) is 0 Å². The third kappa shape index (κ3) is 3.60. The molecular weight excluding hydrogens is 512 g/mol. The van der Waals surface area contributed by atoms with E-state index in [9.17, 15) is 14.4 Å². The minimum atomic E-state index is -1.66. The Labute approximate surface area is 237 Å². The smallest absolute Gasteiger partial charge is 0.291 e. The van der Waals surface area contributed by atoms with Gasteiger partial charge in [0.1, 0.15) is 5.58 Å². The number of rotatable bonds is 4. The average Bonchev–Trinajstić information content (AvgIpc) is 3.35. The summed E-state index contributed by atoms with van der Waals surface area (Å²) in [6.45, 7) is 6.35. The maximum absolute atomic E-state index is 14.9. The number of amides is 2. The number of hydrogen-bond donors (Lipinski definition) is 0. The van der Waals surface area contributed by atoms with Crippen molar-refractivity contribution < 1.29 is 14.0 Å². The summed E-state index contributed by atoms with van der Waals surface area (Å²) in [6.07, 6.45) is 0. The zero-order valence-electron chi connectivity index (χ0n) is 23.1. The van der Waals surface area contributed by atoms with Crippen LogP contribution in [-0.2, 0) is 23.4 Å². The van der Waals surface area contributed by atoms with E-state index in [4.69, 9.17) is 4.42 Å². The Kier molecular flexibility index (Phi) is 5.51. The number of fused-ring (bicyclic) bond motifs is 5. The first-order valence-corrected chi connectivity index (χ1v) is 13.7. The summed E-state index contributed by atoms with van der Waals surface area (Å²) < 4.78 is 6.20. The highest BCUT2D eigenvalue weighted by molar-refractivity contribution is 6.17. The van der Waals surface area contributed by atoms with Gasteiger partial charge in [-0.3, -0.25) is 14.4 Å². The number of aryl methyl sites for hydroxylation is 3. The van der Waals surface area contributed by atoms with Crippen LogP contribution in [0.1, 0.15) is 49.5 Å². The molecular formula is C35H28N2O4. The summed E-state index contributed by atoms with van der Waals surface area (Å²) in [4.78, 5) is 46.8. The van der Waals surface area contributed by atoms with Crippen molar-refractivity contribution in [3.05, 3.63) is 146 Å². The van der Waals surface area contributed by atoms with Gasteiger partial charge in [0.05, 0.1) is 23.2 Å².